The van der Waals surface area contributed by atoms with Crippen LogP contribution in [0.5, 0.6) is 0 Å². The first kappa shape index (κ1) is 11.7. The Balaban J connectivity index is 2.10. The zero-order valence-electron chi connectivity index (χ0n) is 9.53. The summed E-state index contributed by atoms with van der Waals surface area (Å²) < 4.78 is 5.64. The van der Waals surface area contributed by atoms with Crippen LogP contribution in [-0.2, 0) is 10.6 Å². The molecule has 1 aliphatic rings. The third-order valence-corrected chi connectivity index (χ3v) is 3.12. The fourth-order valence-corrected chi connectivity index (χ4v) is 2.04. The van der Waals surface area contributed by atoms with Crippen molar-refractivity contribution in [2.24, 2.45) is 0 Å². The number of halogens is 1. The Labute approximate surface area is 101 Å². The van der Waals surface area contributed by atoms with Gasteiger partial charge in [0.2, 0.25) is 0 Å². The van der Waals surface area contributed by atoms with Crippen LogP contribution in [0.3, 0.4) is 0 Å². The van der Waals surface area contributed by atoms with Gasteiger partial charge in [-0.1, -0.05) is 13.0 Å². The van der Waals surface area contributed by atoms with Gasteiger partial charge in [-0.2, -0.15) is 0 Å². The minimum Gasteiger partial charge on any atom is -0.375 e. The fraction of sp³-hybridized carbons (Fsp3) is 0.583. The molecule has 1 aromatic heterocycles. The second kappa shape index (κ2) is 5.51. The van der Waals surface area contributed by atoms with Gasteiger partial charge >= 0.3 is 0 Å². The third kappa shape index (κ3) is 2.66. The zero-order valence-corrected chi connectivity index (χ0v) is 10.3. The minimum atomic E-state index is 0.329. The van der Waals surface area contributed by atoms with E-state index in [0.717, 1.165) is 37.6 Å². The molecule has 0 N–H and O–H groups in total. The number of pyridine rings is 1. The minimum absolute atomic E-state index is 0.329. The summed E-state index contributed by atoms with van der Waals surface area (Å²) in [6, 6.07) is 6.00. The molecule has 1 fully saturated rings. The number of hydrogen-bond acceptors (Lipinski definition) is 3. The van der Waals surface area contributed by atoms with Crippen molar-refractivity contribution in [1.29, 1.82) is 0 Å². The summed E-state index contributed by atoms with van der Waals surface area (Å²) in [7, 11) is 0. The van der Waals surface area contributed by atoms with Crippen molar-refractivity contribution in [3.8, 4) is 0 Å². The van der Waals surface area contributed by atoms with E-state index in [4.69, 9.17) is 16.3 Å². The summed E-state index contributed by atoms with van der Waals surface area (Å²) in [5.41, 5.74) is 0.929. The van der Waals surface area contributed by atoms with Crippen LogP contribution in [0.2, 0.25) is 0 Å². The lowest BCUT2D eigenvalue weighted by Crippen LogP contribution is -2.42. The lowest BCUT2D eigenvalue weighted by atomic mass is 10.2. The molecule has 4 heteroatoms. The number of ether oxygens (including phenoxy) is 1. The second-order valence-corrected chi connectivity index (χ2v) is 4.24. The van der Waals surface area contributed by atoms with E-state index in [2.05, 4.69) is 16.8 Å². The van der Waals surface area contributed by atoms with Gasteiger partial charge < -0.3 is 9.64 Å². The molecule has 16 heavy (non-hydrogen) atoms. The summed E-state index contributed by atoms with van der Waals surface area (Å²) >= 11 is 5.79. The van der Waals surface area contributed by atoms with Crippen molar-refractivity contribution in [1.82, 2.24) is 4.98 Å². The molecule has 88 valence electrons. The van der Waals surface area contributed by atoms with Crippen LogP contribution in [0.25, 0.3) is 0 Å². The Hall–Kier alpha value is -0.800. The highest BCUT2D eigenvalue weighted by molar-refractivity contribution is 6.16. The summed E-state index contributed by atoms with van der Waals surface area (Å²) in [5, 5.41) is 0. The molecule has 1 saturated heterocycles. The van der Waals surface area contributed by atoms with Crippen LogP contribution < -0.4 is 4.90 Å². The molecular formula is C12H17ClN2O. The Kier molecular flexibility index (Phi) is 4.02. The van der Waals surface area contributed by atoms with Gasteiger partial charge in [-0.25, -0.2) is 4.98 Å². The van der Waals surface area contributed by atoms with Crippen LogP contribution in [0.4, 0.5) is 5.82 Å². The lowest BCUT2D eigenvalue weighted by Gasteiger charge is -2.33. The van der Waals surface area contributed by atoms with Crippen LogP contribution >= 0.6 is 11.6 Å². The van der Waals surface area contributed by atoms with E-state index in [0.29, 0.717) is 12.0 Å². The highest BCUT2D eigenvalue weighted by atomic mass is 35.5. The average molecular weight is 241 g/mol. The molecule has 2 heterocycles. The molecule has 0 radical (unpaired) electrons. The summed E-state index contributed by atoms with van der Waals surface area (Å²) in [5.74, 6) is 1.48. The van der Waals surface area contributed by atoms with Gasteiger partial charge in [-0.3, -0.25) is 0 Å². The number of rotatable bonds is 3. The normalized spacial score (nSPS) is 21.1. The van der Waals surface area contributed by atoms with Gasteiger partial charge in [-0.15, -0.1) is 11.6 Å². The molecule has 1 atom stereocenters. The summed E-state index contributed by atoms with van der Waals surface area (Å²) in [6.07, 6.45) is 1.38. The highest BCUT2D eigenvalue weighted by Gasteiger charge is 2.19. The summed E-state index contributed by atoms with van der Waals surface area (Å²) in [4.78, 5) is 6.79. The van der Waals surface area contributed by atoms with Gasteiger partial charge in [0, 0.05) is 13.1 Å². The Morgan fingerprint density at radius 1 is 1.56 bits per heavy atom. The number of hydrogen-bond donors (Lipinski definition) is 0. The quantitative estimate of drug-likeness (QED) is 0.759. The maximum Gasteiger partial charge on any atom is 0.129 e. The number of alkyl halides is 1. The first-order valence-corrected chi connectivity index (χ1v) is 6.25. The first-order valence-electron chi connectivity index (χ1n) is 5.72. The molecule has 2 rings (SSSR count). The van der Waals surface area contributed by atoms with Crippen molar-refractivity contribution in [3.05, 3.63) is 23.9 Å². The molecule has 1 aromatic rings. The number of nitrogens with zero attached hydrogens (tertiary/aromatic N) is 2. The topological polar surface area (TPSA) is 25.4 Å². The van der Waals surface area contributed by atoms with E-state index in [9.17, 15) is 0 Å². The molecule has 0 amide bonds. The van der Waals surface area contributed by atoms with E-state index in [-0.39, 0.29) is 0 Å². The van der Waals surface area contributed by atoms with Gasteiger partial charge in [0.25, 0.3) is 0 Å². The van der Waals surface area contributed by atoms with Crippen molar-refractivity contribution >= 4 is 17.4 Å². The van der Waals surface area contributed by atoms with Crippen molar-refractivity contribution in [2.75, 3.05) is 24.6 Å². The van der Waals surface area contributed by atoms with E-state index in [1.54, 1.807) is 0 Å². The molecular weight excluding hydrogens is 224 g/mol. The first-order chi connectivity index (χ1) is 7.83. The largest absolute Gasteiger partial charge is 0.375 e. The van der Waals surface area contributed by atoms with Crippen molar-refractivity contribution < 1.29 is 4.74 Å². The van der Waals surface area contributed by atoms with Crippen molar-refractivity contribution in [3.63, 3.8) is 0 Å². The van der Waals surface area contributed by atoms with Gasteiger partial charge in [0.1, 0.15) is 5.82 Å². The van der Waals surface area contributed by atoms with Gasteiger partial charge in [0.05, 0.1) is 24.3 Å². The van der Waals surface area contributed by atoms with Gasteiger partial charge in [-0.05, 0) is 18.6 Å². The van der Waals surface area contributed by atoms with Crippen molar-refractivity contribution in [2.45, 2.75) is 25.3 Å². The van der Waals surface area contributed by atoms with Gasteiger partial charge in [0.15, 0.2) is 0 Å². The maximum absolute atomic E-state index is 5.79. The standard InChI is InChI=1S/C12H17ClN2O/c1-2-11-9-15(6-7-16-11)12-5-3-4-10(8-13)14-12/h3-5,11H,2,6-9H2,1H3. The zero-order chi connectivity index (χ0) is 11.4. The van der Waals surface area contributed by atoms with E-state index in [1.807, 2.05) is 18.2 Å². The monoisotopic (exact) mass is 240 g/mol. The number of anilines is 1. The predicted molar refractivity (Wildman–Crippen MR) is 66.0 cm³/mol. The smallest absolute Gasteiger partial charge is 0.129 e. The Morgan fingerprint density at radius 3 is 3.19 bits per heavy atom. The highest BCUT2D eigenvalue weighted by Crippen LogP contribution is 2.17. The second-order valence-electron chi connectivity index (χ2n) is 3.97. The SMILES string of the molecule is CCC1CN(c2cccc(CCl)n2)CCO1. The van der Waals surface area contributed by atoms with Crippen LogP contribution in [-0.4, -0.2) is 30.8 Å². The molecule has 1 unspecified atom stereocenters. The molecule has 0 bridgehead atoms. The van der Waals surface area contributed by atoms with E-state index < -0.39 is 0 Å². The van der Waals surface area contributed by atoms with Crippen LogP contribution in [0.15, 0.2) is 18.2 Å². The molecule has 0 aromatic carbocycles. The Bertz CT molecular complexity index is 346. The number of aromatic nitrogens is 1. The molecule has 0 aliphatic carbocycles. The lowest BCUT2D eigenvalue weighted by molar-refractivity contribution is 0.0381. The Morgan fingerprint density at radius 2 is 2.44 bits per heavy atom. The molecule has 3 nitrogen and oxygen atoms in total. The summed E-state index contributed by atoms with van der Waals surface area (Å²) in [6.45, 7) is 4.77. The van der Waals surface area contributed by atoms with Crippen LogP contribution in [0, 0.1) is 0 Å². The molecule has 0 saturated carbocycles. The van der Waals surface area contributed by atoms with E-state index >= 15 is 0 Å². The molecule has 0 spiro atoms. The van der Waals surface area contributed by atoms with Crippen LogP contribution in [0.1, 0.15) is 19.0 Å². The third-order valence-electron chi connectivity index (χ3n) is 2.85. The maximum atomic E-state index is 5.79. The fourth-order valence-electron chi connectivity index (χ4n) is 1.89. The number of morpholine rings is 1. The predicted octanol–water partition coefficient (Wildman–Crippen LogP) is 2.44. The van der Waals surface area contributed by atoms with E-state index in [1.165, 1.54) is 0 Å². The molecule has 1 aliphatic heterocycles. The average Bonchev–Trinajstić information content (AvgIpc) is 2.39.